The molecule has 1 N–H and O–H groups in total. The fourth-order valence-corrected chi connectivity index (χ4v) is 1.80. The van der Waals surface area contributed by atoms with Crippen LogP contribution in [0.2, 0.25) is 5.02 Å². The van der Waals surface area contributed by atoms with Crippen molar-refractivity contribution in [2.24, 2.45) is 0 Å². The molecular formula is C10H8ClF3O2. The zero-order chi connectivity index (χ0) is 11.9. The molecule has 16 heavy (non-hydrogen) atoms. The number of aliphatic hydroxyl groups is 1. The number of ether oxygens (including phenoxy) is 1. The van der Waals surface area contributed by atoms with Gasteiger partial charge in [0.15, 0.2) is 6.10 Å². The summed E-state index contributed by atoms with van der Waals surface area (Å²) in [6, 6.07) is 4.17. The van der Waals surface area contributed by atoms with Crippen molar-refractivity contribution in [2.45, 2.75) is 24.8 Å². The van der Waals surface area contributed by atoms with Crippen LogP contribution < -0.4 is 4.74 Å². The highest BCUT2D eigenvalue weighted by atomic mass is 35.5. The van der Waals surface area contributed by atoms with Crippen LogP contribution in [0.4, 0.5) is 13.2 Å². The number of fused-ring (bicyclic) bond motifs is 1. The highest BCUT2D eigenvalue weighted by Crippen LogP contribution is 2.40. The molecule has 2 rings (SSSR count). The molecule has 1 aromatic rings. The maximum Gasteiger partial charge on any atom is 0.425 e. The maximum atomic E-state index is 12.4. The summed E-state index contributed by atoms with van der Waals surface area (Å²) in [6.45, 7) is 0. The molecule has 0 aromatic heterocycles. The zero-order valence-corrected chi connectivity index (χ0v) is 8.72. The van der Waals surface area contributed by atoms with Crippen LogP contribution in [0.25, 0.3) is 0 Å². The predicted octanol–water partition coefficient (Wildman–Crippen LogP) is 3.09. The van der Waals surface area contributed by atoms with E-state index in [0.29, 0.717) is 10.6 Å². The first-order chi connectivity index (χ1) is 7.38. The van der Waals surface area contributed by atoms with Gasteiger partial charge in [-0.05, 0) is 18.2 Å². The third-order valence-corrected chi connectivity index (χ3v) is 2.64. The van der Waals surface area contributed by atoms with E-state index in [4.69, 9.17) is 16.3 Å². The van der Waals surface area contributed by atoms with Gasteiger partial charge in [-0.25, -0.2) is 0 Å². The minimum Gasteiger partial charge on any atom is -0.480 e. The summed E-state index contributed by atoms with van der Waals surface area (Å²) in [7, 11) is 0. The third-order valence-electron chi connectivity index (χ3n) is 2.40. The highest BCUT2D eigenvalue weighted by Gasteiger charge is 2.45. The largest absolute Gasteiger partial charge is 0.480 e. The molecule has 1 aliphatic heterocycles. The first-order valence-electron chi connectivity index (χ1n) is 4.59. The minimum absolute atomic E-state index is 0.0328. The van der Waals surface area contributed by atoms with Crippen LogP contribution in [0.5, 0.6) is 5.75 Å². The molecule has 1 aromatic carbocycles. The Hall–Kier alpha value is -0.940. The van der Waals surface area contributed by atoms with E-state index in [1.807, 2.05) is 0 Å². The van der Waals surface area contributed by atoms with Gasteiger partial charge in [-0.15, -0.1) is 0 Å². The van der Waals surface area contributed by atoms with Crippen molar-refractivity contribution >= 4 is 11.6 Å². The number of benzene rings is 1. The van der Waals surface area contributed by atoms with Gasteiger partial charge in [-0.3, -0.25) is 0 Å². The zero-order valence-electron chi connectivity index (χ0n) is 7.96. The van der Waals surface area contributed by atoms with E-state index in [1.165, 1.54) is 18.2 Å². The Morgan fingerprint density at radius 3 is 2.69 bits per heavy atom. The minimum atomic E-state index is -4.47. The van der Waals surface area contributed by atoms with Crippen molar-refractivity contribution < 1.29 is 23.0 Å². The second-order valence-corrected chi connectivity index (χ2v) is 4.02. The number of hydrogen-bond acceptors (Lipinski definition) is 2. The summed E-state index contributed by atoms with van der Waals surface area (Å²) >= 11 is 5.68. The molecule has 1 heterocycles. The van der Waals surface area contributed by atoms with Crippen molar-refractivity contribution in [2.75, 3.05) is 0 Å². The van der Waals surface area contributed by atoms with Gasteiger partial charge >= 0.3 is 6.18 Å². The molecule has 2 nitrogen and oxygen atoms in total. The Morgan fingerprint density at radius 2 is 2.06 bits per heavy atom. The van der Waals surface area contributed by atoms with Gasteiger partial charge in [0.05, 0.1) is 6.10 Å². The van der Waals surface area contributed by atoms with E-state index < -0.39 is 24.8 Å². The first-order valence-corrected chi connectivity index (χ1v) is 4.96. The van der Waals surface area contributed by atoms with Crippen molar-refractivity contribution in [1.82, 2.24) is 0 Å². The molecule has 0 bridgehead atoms. The quantitative estimate of drug-likeness (QED) is 0.769. The summed E-state index contributed by atoms with van der Waals surface area (Å²) < 4.78 is 42.1. The van der Waals surface area contributed by atoms with Gasteiger partial charge in [0.25, 0.3) is 0 Å². The third kappa shape index (κ3) is 2.10. The van der Waals surface area contributed by atoms with E-state index in [0.717, 1.165) is 0 Å². The van der Waals surface area contributed by atoms with Gasteiger partial charge in [0.2, 0.25) is 0 Å². The van der Waals surface area contributed by atoms with Crippen molar-refractivity contribution in [3.8, 4) is 5.75 Å². The summed E-state index contributed by atoms with van der Waals surface area (Å²) in [6.07, 6.45) is -8.14. The van der Waals surface area contributed by atoms with Crippen LogP contribution in [0, 0.1) is 0 Å². The van der Waals surface area contributed by atoms with Crippen LogP contribution in [-0.2, 0) is 0 Å². The number of aliphatic hydroxyl groups excluding tert-OH is 1. The molecule has 0 unspecified atom stereocenters. The number of rotatable bonds is 0. The Bertz CT molecular complexity index is 406. The van der Waals surface area contributed by atoms with Gasteiger partial charge in [-0.1, -0.05) is 11.6 Å². The van der Waals surface area contributed by atoms with Crippen molar-refractivity contribution in [3.63, 3.8) is 0 Å². The van der Waals surface area contributed by atoms with E-state index in [2.05, 4.69) is 0 Å². The van der Waals surface area contributed by atoms with Gasteiger partial charge in [0, 0.05) is 17.0 Å². The lowest BCUT2D eigenvalue weighted by atomic mass is 9.99. The molecule has 88 valence electrons. The second kappa shape index (κ2) is 3.82. The van der Waals surface area contributed by atoms with E-state index >= 15 is 0 Å². The van der Waals surface area contributed by atoms with Crippen LogP contribution in [0.15, 0.2) is 18.2 Å². The normalized spacial score (nSPS) is 24.8. The van der Waals surface area contributed by atoms with Crippen LogP contribution >= 0.6 is 11.6 Å². The molecular weight excluding hydrogens is 245 g/mol. The summed E-state index contributed by atoms with van der Waals surface area (Å²) in [5.41, 5.74) is 0.299. The molecule has 0 aliphatic carbocycles. The Labute approximate surface area is 94.6 Å². The fraction of sp³-hybridized carbons (Fsp3) is 0.400. The van der Waals surface area contributed by atoms with Gasteiger partial charge in [-0.2, -0.15) is 13.2 Å². The van der Waals surface area contributed by atoms with Crippen LogP contribution in [-0.4, -0.2) is 17.4 Å². The molecule has 0 saturated carbocycles. The monoisotopic (exact) mass is 252 g/mol. The SMILES string of the molecule is O[C@@H]1C[C@@H](C(F)(F)F)Oc2ccc(Cl)cc21. The average Bonchev–Trinajstić information content (AvgIpc) is 2.17. The molecule has 2 atom stereocenters. The Balaban J connectivity index is 2.34. The summed E-state index contributed by atoms with van der Waals surface area (Å²) in [4.78, 5) is 0. The lowest BCUT2D eigenvalue weighted by Gasteiger charge is -2.30. The lowest BCUT2D eigenvalue weighted by molar-refractivity contribution is -0.207. The molecule has 0 fully saturated rings. The Kier molecular flexibility index (Phi) is 2.75. The van der Waals surface area contributed by atoms with Crippen molar-refractivity contribution in [3.05, 3.63) is 28.8 Å². The van der Waals surface area contributed by atoms with E-state index in [1.54, 1.807) is 0 Å². The topological polar surface area (TPSA) is 29.5 Å². The molecule has 0 radical (unpaired) electrons. The molecule has 0 saturated heterocycles. The summed E-state index contributed by atoms with van der Waals surface area (Å²) in [5.74, 6) is 0.0328. The number of halogens is 4. The second-order valence-electron chi connectivity index (χ2n) is 3.58. The van der Waals surface area contributed by atoms with Crippen LogP contribution in [0.1, 0.15) is 18.1 Å². The van der Waals surface area contributed by atoms with E-state index in [9.17, 15) is 18.3 Å². The number of hydrogen-bond donors (Lipinski definition) is 1. The molecule has 0 amide bonds. The highest BCUT2D eigenvalue weighted by molar-refractivity contribution is 6.30. The lowest BCUT2D eigenvalue weighted by Crippen LogP contribution is -2.38. The summed E-state index contributed by atoms with van der Waals surface area (Å²) in [5, 5.41) is 9.93. The molecule has 1 aliphatic rings. The molecule has 0 spiro atoms. The standard InChI is InChI=1S/C10H8ClF3O2/c11-5-1-2-8-6(3-5)7(15)4-9(16-8)10(12,13)14/h1-3,7,9,15H,4H2/t7-,9+/m1/s1. The fourth-order valence-electron chi connectivity index (χ4n) is 1.62. The molecule has 6 heteroatoms. The Morgan fingerprint density at radius 1 is 1.38 bits per heavy atom. The van der Waals surface area contributed by atoms with Crippen molar-refractivity contribution in [1.29, 1.82) is 0 Å². The van der Waals surface area contributed by atoms with Gasteiger partial charge in [0.1, 0.15) is 5.75 Å². The first kappa shape index (κ1) is 11.5. The smallest absolute Gasteiger partial charge is 0.425 e. The number of alkyl halides is 3. The average molecular weight is 253 g/mol. The van der Waals surface area contributed by atoms with Gasteiger partial charge < -0.3 is 9.84 Å². The van der Waals surface area contributed by atoms with E-state index in [-0.39, 0.29) is 5.75 Å². The maximum absolute atomic E-state index is 12.4. The predicted molar refractivity (Wildman–Crippen MR) is 51.5 cm³/mol. The van der Waals surface area contributed by atoms with Crippen LogP contribution in [0.3, 0.4) is 0 Å².